The fraction of sp³-hybridized carbons (Fsp3) is 0.118. The van der Waals surface area contributed by atoms with Gasteiger partial charge < -0.3 is 10.1 Å². The van der Waals surface area contributed by atoms with Gasteiger partial charge in [-0.1, -0.05) is 27.6 Å². The number of rotatable bonds is 4. The summed E-state index contributed by atoms with van der Waals surface area (Å²) in [5, 5.41) is 2.80. The lowest BCUT2D eigenvalue weighted by molar-refractivity contribution is -0.111. The Kier molecular flexibility index (Phi) is 5.17. The van der Waals surface area contributed by atoms with Crippen molar-refractivity contribution in [3.8, 4) is 5.75 Å². The van der Waals surface area contributed by atoms with Crippen molar-refractivity contribution in [3.63, 3.8) is 0 Å². The summed E-state index contributed by atoms with van der Waals surface area (Å²) in [4.78, 5) is 11.9. The van der Waals surface area contributed by atoms with Crippen molar-refractivity contribution >= 4 is 33.6 Å². The van der Waals surface area contributed by atoms with Crippen LogP contribution >= 0.6 is 15.9 Å². The molecule has 0 spiro atoms. The predicted octanol–water partition coefficient (Wildman–Crippen LogP) is 4.42. The summed E-state index contributed by atoms with van der Waals surface area (Å²) < 4.78 is 6.25. The molecule has 21 heavy (non-hydrogen) atoms. The van der Waals surface area contributed by atoms with Gasteiger partial charge >= 0.3 is 0 Å². The van der Waals surface area contributed by atoms with E-state index in [1.54, 1.807) is 13.2 Å². The number of carbonyl (C=O) groups is 1. The van der Waals surface area contributed by atoms with Crippen LogP contribution < -0.4 is 10.1 Å². The Labute approximate surface area is 132 Å². The number of amides is 1. The van der Waals surface area contributed by atoms with Crippen molar-refractivity contribution in [2.75, 3.05) is 12.4 Å². The smallest absolute Gasteiger partial charge is 0.248 e. The van der Waals surface area contributed by atoms with Crippen molar-refractivity contribution in [3.05, 3.63) is 64.1 Å². The van der Waals surface area contributed by atoms with E-state index < -0.39 is 0 Å². The number of hydrogen-bond acceptors (Lipinski definition) is 2. The Morgan fingerprint density at radius 1 is 1.19 bits per heavy atom. The van der Waals surface area contributed by atoms with Crippen LogP contribution in [0.5, 0.6) is 5.75 Å². The Hall–Kier alpha value is -2.07. The van der Waals surface area contributed by atoms with Gasteiger partial charge in [0.1, 0.15) is 5.75 Å². The van der Waals surface area contributed by atoms with E-state index in [1.807, 2.05) is 49.4 Å². The number of anilines is 1. The molecule has 0 atom stereocenters. The van der Waals surface area contributed by atoms with Crippen LogP contribution in [0, 0.1) is 6.92 Å². The van der Waals surface area contributed by atoms with E-state index in [4.69, 9.17) is 4.74 Å². The molecule has 0 heterocycles. The van der Waals surface area contributed by atoms with Crippen molar-refractivity contribution in [1.82, 2.24) is 0 Å². The molecule has 0 saturated carbocycles. The maximum Gasteiger partial charge on any atom is 0.248 e. The van der Waals surface area contributed by atoms with Crippen LogP contribution in [-0.2, 0) is 4.79 Å². The molecule has 2 aromatic carbocycles. The number of hydrogen-bond donors (Lipinski definition) is 1. The highest BCUT2D eigenvalue weighted by Gasteiger charge is 2.01. The minimum atomic E-state index is -0.180. The van der Waals surface area contributed by atoms with E-state index in [9.17, 15) is 4.79 Å². The fourth-order valence-corrected chi connectivity index (χ4v) is 2.13. The highest BCUT2D eigenvalue weighted by Crippen LogP contribution is 2.21. The van der Waals surface area contributed by atoms with Gasteiger partial charge in [-0.05, 0) is 49.4 Å². The molecule has 0 aliphatic carbocycles. The van der Waals surface area contributed by atoms with E-state index in [-0.39, 0.29) is 5.91 Å². The van der Waals surface area contributed by atoms with Crippen molar-refractivity contribution in [2.24, 2.45) is 0 Å². The third-order valence-corrected chi connectivity index (χ3v) is 3.44. The molecular weight excluding hydrogens is 330 g/mol. The predicted molar refractivity (Wildman–Crippen MR) is 89.5 cm³/mol. The zero-order chi connectivity index (χ0) is 15.2. The zero-order valence-electron chi connectivity index (χ0n) is 11.9. The minimum Gasteiger partial charge on any atom is -0.496 e. The standard InChI is InChI=1S/C17H16BrNO2/c1-12-3-9-16(21-2)13(11-12)4-10-17(20)19-15-7-5-14(18)6-8-15/h3-11H,1-2H3,(H,19,20)/b10-4+. The summed E-state index contributed by atoms with van der Waals surface area (Å²) in [6, 6.07) is 13.3. The lowest BCUT2D eigenvalue weighted by Crippen LogP contribution is -2.07. The summed E-state index contributed by atoms with van der Waals surface area (Å²) in [5.41, 5.74) is 2.75. The van der Waals surface area contributed by atoms with Crippen molar-refractivity contribution in [2.45, 2.75) is 6.92 Å². The van der Waals surface area contributed by atoms with Crippen molar-refractivity contribution in [1.29, 1.82) is 0 Å². The summed E-state index contributed by atoms with van der Waals surface area (Å²) in [6.07, 6.45) is 3.25. The van der Waals surface area contributed by atoms with Gasteiger partial charge in [0.05, 0.1) is 7.11 Å². The monoisotopic (exact) mass is 345 g/mol. The molecule has 1 amide bonds. The first kappa shape index (κ1) is 15.3. The highest BCUT2D eigenvalue weighted by atomic mass is 79.9. The average Bonchev–Trinajstić information content (AvgIpc) is 2.48. The molecule has 2 rings (SSSR count). The van der Waals surface area contributed by atoms with Gasteiger partial charge in [-0.2, -0.15) is 0 Å². The summed E-state index contributed by atoms with van der Waals surface area (Å²) in [7, 11) is 1.61. The largest absolute Gasteiger partial charge is 0.496 e. The number of aryl methyl sites for hydroxylation is 1. The molecular formula is C17H16BrNO2. The van der Waals surface area contributed by atoms with Gasteiger partial charge in [0.2, 0.25) is 5.91 Å². The lowest BCUT2D eigenvalue weighted by atomic mass is 10.1. The van der Waals surface area contributed by atoms with Crippen LogP contribution in [0.4, 0.5) is 5.69 Å². The first-order valence-electron chi connectivity index (χ1n) is 6.48. The fourth-order valence-electron chi connectivity index (χ4n) is 1.87. The molecule has 0 radical (unpaired) electrons. The quantitative estimate of drug-likeness (QED) is 0.833. The van der Waals surface area contributed by atoms with E-state index >= 15 is 0 Å². The van der Waals surface area contributed by atoms with Crippen molar-refractivity contribution < 1.29 is 9.53 Å². The zero-order valence-corrected chi connectivity index (χ0v) is 13.5. The van der Waals surface area contributed by atoms with Crippen LogP contribution in [0.15, 0.2) is 53.0 Å². The van der Waals surface area contributed by atoms with Crippen LogP contribution in [0.25, 0.3) is 6.08 Å². The van der Waals surface area contributed by atoms with Gasteiger partial charge in [0.25, 0.3) is 0 Å². The van der Waals surface area contributed by atoms with Crippen LogP contribution in [0.1, 0.15) is 11.1 Å². The topological polar surface area (TPSA) is 38.3 Å². The molecule has 0 unspecified atom stereocenters. The molecule has 0 aliphatic heterocycles. The van der Waals surface area contributed by atoms with Gasteiger partial charge in [-0.25, -0.2) is 0 Å². The normalized spacial score (nSPS) is 10.6. The second kappa shape index (κ2) is 7.09. The van der Waals surface area contributed by atoms with Gasteiger partial charge in [-0.3, -0.25) is 4.79 Å². The van der Waals surface area contributed by atoms with E-state index in [2.05, 4.69) is 21.2 Å². The SMILES string of the molecule is COc1ccc(C)cc1/C=C/C(=O)Nc1ccc(Br)cc1. The van der Waals surface area contributed by atoms with E-state index in [0.717, 1.165) is 27.0 Å². The maximum absolute atomic E-state index is 11.9. The van der Waals surface area contributed by atoms with Crippen LogP contribution in [0.2, 0.25) is 0 Å². The number of methoxy groups -OCH3 is 1. The first-order chi connectivity index (χ1) is 10.1. The number of carbonyl (C=O) groups excluding carboxylic acids is 1. The highest BCUT2D eigenvalue weighted by molar-refractivity contribution is 9.10. The Morgan fingerprint density at radius 3 is 2.57 bits per heavy atom. The molecule has 4 heteroatoms. The molecule has 0 saturated heterocycles. The lowest BCUT2D eigenvalue weighted by Gasteiger charge is -2.06. The van der Waals surface area contributed by atoms with Gasteiger partial charge in [-0.15, -0.1) is 0 Å². The third kappa shape index (κ3) is 4.46. The van der Waals surface area contributed by atoms with Crippen LogP contribution in [0.3, 0.4) is 0 Å². The molecule has 108 valence electrons. The Bertz CT molecular complexity index is 663. The molecule has 1 N–H and O–H groups in total. The molecule has 0 bridgehead atoms. The van der Waals surface area contributed by atoms with E-state index in [0.29, 0.717) is 0 Å². The molecule has 0 aliphatic rings. The number of nitrogens with one attached hydrogen (secondary N) is 1. The molecule has 0 aromatic heterocycles. The maximum atomic E-state index is 11.9. The summed E-state index contributed by atoms with van der Waals surface area (Å²) in [6.45, 7) is 2.00. The second-order valence-electron chi connectivity index (χ2n) is 4.57. The first-order valence-corrected chi connectivity index (χ1v) is 7.27. The number of ether oxygens (including phenoxy) is 1. The summed E-state index contributed by atoms with van der Waals surface area (Å²) >= 11 is 3.36. The number of benzene rings is 2. The third-order valence-electron chi connectivity index (χ3n) is 2.91. The molecule has 0 fully saturated rings. The molecule has 2 aromatic rings. The molecule has 3 nitrogen and oxygen atoms in total. The Morgan fingerprint density at radius 2 is 1.90 bits per heavy atom. The second-order valence-corrected chi connectivity index (χ2v) is 5.49. The van der Waals surface area contributed by atoms with Gasteiger partial charge in [0.15, 0.2) is 0 Å². The average molecular weight is 346 g/mol. The van der Waals surface area contributed by atoms with Crippen LogP contribution in [-0.4, -0.2) is 13.0 Å². The summed E-state index contributed by atoms with van der Waals surface area (Å²) in [5.74, 6) is 0.564. The van der Waals surface area contributed by atoms with E-state index in [1.165, 1.54) is 6.08 Å². The Balaban J connectivity index is 2.08. The number of halogens is 1. The minimum absolute atomic E-state index is 0.180. The van der Waals surface area contributed by atoms with Gasteiger partial charge in [0, 0.05) is 21.8 Å².